The van der Waals surface area contributed by atoms with Crippen LogP contribution in [0.2, 0.25) is 0 Å². The van der Waals surface area contributed by atoms with Gasteiger partial charge in [0, 0.05) is 5.69 Å². The van der Waals surface area contributed by atoms with Gasteiger partial charge >= 0.3 is 6.18 Å². The zero-order valence-electron chi connectivity index (χ0n) is 14.1. The highest BCUT2D eigenvalue weighted by molar-refractivity contribution is 5.92. The standard InChI is InChI=1S/C17H14F3N5O2/c1-11-6-7-12(8-13(11)17(18,19)20)22-16(26)9-27-15-5-3-2-4-14(15)25-10-21-23-24-25/h2-8,10H,9H2,1H3,(H,22,26). The third kappa shape index (κ3) is 4.40. The number of carbonyl (C=O) groups excluding carboxylic acids is 1. The van der Waals surface area contributed by atoms with Crippen LogP contribution in [0.4, 0.5) is 18.9 Å². The number of alkyl halides is 3. The molecule has 0 saturated carbocycles. The number of rotatable bonds is 5. The number of ether oxygens (including phenoxy) is 1. The molecule has 3 aromatic rings. The van der Waals surface area contributed by atoms with Gasteiger partial charge in [0.15, 0.2) is 6.61 Å². The number of aryl methyl sites for hydroxylation is 1. The molecule has 2 aromatic carbocycles. The molecule has 1 amide bonds. The van der Waals surface area contributed by atoms with E-state index in [1.807, 2.05) is 0 Å². The lowest BCUT2D eigenvalue weighted by molar-refractivity contribution is -0.138. The Morgan fingerprint density at radius 3 is 2.70 bits per heavy atom. The summed E-state index contributed by atoms with van der Waals surface area (Å²) in [6.07, 6.45) is -3.13. The number of tetrazole rings is 1. The highest BCUT2D eigenvalue weighted by Gasteiger charge is 2.32. The molecule has 0 aliphatic rings. The molecule has 0 saturated heterocycles. The average molecular weight is 377 g/mol. The second kappa shape index (κ2) is 7.44. The van der Waals surface area contributed by atoms with Crippen molar-refractivity contribution in [1.82, 2.24) is 20.2 Å². The zero-order valence-corrected chi connectivity index (χ0v) is 14.1. The fraction of sp³-hybridized carbons (Fsp3) is 0.176. The number of carbonyl (C=O) groups is 1. The van der Waals surface area contributed by atoms with Crippen molar-refractivity contribution in [1.29, 1.82) is 0 Å². The summed E-state index contributed by atoms with van der Waals surface area (Å²) in [7, 11) is 0. The van der Waals surface area contributed by atoms with Gasteiger partial charge in [0.2, 0.25) is 0 Å². The summed E-state index contributed by atoms with van der Waals surface area (Å²) in [4.78, 5) is 12.1. The van der Waals surface area contributed by atoms with E-state index in [-0.39, 0.29) is 11.3 Å². The van der Waals surface area contributed by atoms with Gasteiger partial charge in [-0.15, -0.1) is 5.10 Å². The normalized spacial score (nSPS) is 11.3. The average Bonchev–Trinajstić information content (AvgIpc) is 3.15. The van der Waals surface area contributed by atoms with E-state index >= 15 is 0 Å². The maximum atomic E-state index is 13.0. The van der Waals surface area contributed by atoms with Gasteiger partial charge < -0.3 is 10.1 Å². The Morgan fingerprint density at radius 2 is 2.00 bits per heavy atom. The number of para-hydroxylation sites is 2. The van der Waals surface area contributed by atoms with E-state index in [9.17, 15) is 18.0 Å². The third-order valence-corrected chi connectivity index (χ3v) is 3.65. The van der Waals surface area contributed by atoms with Gasteiger partial charge in [-0.05, 0) is 47.2 Å². The topological polar surface area (TPSA) is 81.9 Å². The van der Waals surface area contributed by atoms with E-state index in [0.717, 1.165) is 6.07 Å². The molecular weight excluding hydrogens is 363 g/mol. The van der Waals surface area contributed by atoms with E-state index < -0.39 is 24.3 Å². The first-order valence-corrected chi connectivity index (χ1v) is 7.77. The lowest BCUT2D eigenvalue weighted by atomic mass is 10.1. The van der Waals surface area contributed by atoms with E-state index in [4.69, 9.17) is 4.74 Å². The predicted molar refractivity (Wildman–Crippen MR) is 89.5 cm³/mol. The quantitative estimate of drug-likeness (QED) is 0.739. The molecule has 1 aromatic heterocycles. The van der Waals surface area contributed by atoms with Crippen LogP contribution in [-0.2, 0) is 11.0 Å². The molecule has 0 radical (unpaired) electrons. The first-order chi connectivity index (χ1) is 12.8. The van der Waals surface area contributed by atoms with Crippen LogP contribution in [0.5, 0.6) is 5.75 Å². The third-order valence-electron chi connectivity index (χ3n) is 3.65. The predicted octanol–water partition coefficient (Wildman–Crippen LogP) is 3.01. The molecule has 1 N–H and O–H groups in total. The molecular formula is C17H14F3N5O2. The number of benzene rings is 2. The maximum Gasteiger partial charge on any atom is 0.416 e. The van der Waals surface area contributed by atoms with Gasteiger partial charge in [0.1, 0.15) is 17.8 Å². The molecule has 0 bridgehead atoms. The van der Waals surface area contributed by atoms with Crippen LogP contribution in [0.3, 0.4) is 0 Å². The Bertz CT molecular complexity index is 942. The van der Waals surface area contributed by atoms with Gasteiger partial charge in [-0.2, -0.15) is 17.9 Å². The molecule has 10 heteroatoms. The number of hydrogen-bond acceptors (Lipinski definition) is 5. The Kier molecular flexibility index (Phi) is 5.06. The minimum absolute atomic E-state index is 0.0373. The molecule has 0 fully saturated rings. The Balaban J connectivity index is 1.68. The van der Waals surface area contributed by atoms with Crippen LogP contribution >= 0.6 is 0 Å². The van der Waals surface area contributed by atoms with Gasteiger partial charge in [-0.25, -0.2) is 0 Å². The largest absolute Gasteiger partial charge is 0.481 e. The second-order valence-electron chi connectivity index (χ2n) is 5.59. The number of nitrogens with one attached hydrogen (secondary N) is 1. The monoisotopic (exact) mass is 377 g/mol. The lowest BCUT2D eigenvalue weighted by Gasteiger charge is -2.13. The molecule has 0 atom stereocenters. The summed E-state index contributed by atoms with van der Waals surface area (Å²) in [5, 5.41) is 13.2. The van der Waals surface area contributed by atoms with Crippen LogP contribution in [0, 0.1) is 6.92 Å². The van der Waals surface area contributed by atoms with Gasteiger partial charge in [0.25, 0.3) is 5.91 Å². The lowest BCUT2D eigenvalue weighted by Crippen LogP contribution is -2.21. The van der Waals surface area contributed by atoms with Crippen molar-refractivity contribution in [3.05, 3.63) is 59.9 Å². The zero-order chi connectivity index (χ0) is 19.4. The molecule has 140 valence electrons. The highest BCUT2D eigenvalue weighted by Crippen LogP contribution is 2.33. The molecule has 0 spiro atoms. The molecule has 27 heavy (non-hydrogen) atoms. The van der Waals surface area contributed by atoms with Crippen LogP contribution in [0.25, 0.3) is 5.69 Å². The summed E-state index contributed by atoms with van der Waals surface area (Å²) in [6.45, 7) is 0.960. The van der Waals surface area contributed by atoms with Gasteiger partial charge in [0.05, 0.1) is 5.56 Å². The van der Waals surface area contributed by atoms with E-state index in [1.54, 1.807) is 24.3 Å². The highest BCUT2D eigenvalue weighted by atomic mass is 19.4. The fourth-order valence-corrected chi connectivity index (χ4v) is 2.39. The van der Waals surface area contributed by atoms with Crippen molar-refractivity contribution in [2.45, 2.75) is 13.1 Å². The van der Waals surface area contributed by atoms with Crippen molar-refractivity contribution in [2.75, 3.05) is 11.9 Å². The minimum Gasteiger partial charge on any atom is -0.481 e. The summed E-state index contributed by atoms with van der Waals surface area (Å²) < 4.78 is 45.7. The molecule has 0 aliphatic carbocycles. The van der Waals surface area contributed by atoms with E-state index in [1.165, 1.54) is 30.1 Å². The number of hydrogen-bond donors (Lipinski definition) is 1. The first kappa shape index (κ1) is 18.4. The summed E-state index contributed by atoms with van der Waals surface area (Å²) >= 11 is 0. The summed E-state index contributed by atoms with van der Waals surface area (Å²) in [5.74, 6) is -0.252. The van der Waals surface area contributed by atoms with Crippen LogP contribution in [0.15, 0.2) is 48.8 Å². The van der Waals surface area contributed by atoms with Gasteiger partial charge in [-0.3, -0.25) is 4.79 Å². The summed E-state index contributed by atoms with van der Waals surface area (Å²) in [6, 6.07) is 10.4. The van der Waals surface area contributed by atoms with Crippen molar-refractivity contribution >= 4 is 11.6 Å². The Hall–Kier alpha value is -3.43. The van der Waals surface area contributed by atoms with Crippen molar-refractivity contribution in [3.63, 3.8) is 0 Å². The SMILES string of the molecule is Cc1ccc(NC(=O)COc2ccccc2-n2cnnn2)cc1C(F)(F)F. The van der Waals surface area contributed by atoms with Crippen LogP contribution < -0.4 is 10.1 Å². The second-order valence-corrected chi connectivity index (χ2v) is 5.59. The fourth-order valence-electron chi connectivity index (χ4n) is 2.39. The molecule has 3 rings (SSSR count). The Morgan fingerprint density at radius 1 is 1.22 bits per heavy atom. The number of halogens is 3. The molecule has 0 unspecified atom stereocenters. The van der Waals surface area contributed by atoms with Crippen LogP contribution in [-0.4, -0.2) is 32.7 Å². The summed E-state index contributed by atoms with van der Waals surface area (Å²) in [5.41, 5.74) is -0.169. The smallest absolute Gasteiger partial charge is 0.416 e. The van der Waals surface area contributed by atoms with Crippen LogP contribution in [0.1, 0.15) is 11.1 Å². The molecule has 7 nitrogen and oxygen atoms in total. The van der Waals surface area contributed by atoms with E-state index in [0.29, 0.717) is 11.4 Å². The molecule has 1 heterocycles. The van der Waals surface area contributed by atoms with Crippen molar-refractivity contribution in [2.24, 2.45) is 0 Å². The Labute approximate surface area is 151 Å². The van der Waals surface area contributed by atoms with Crippen molar-refractivity contribution < 1.29 is 22.7 Å². The number of amides is 1. The number of aromatic nitrogens is 4. The first-order valence-electron chi connectivity index (χ1n) is 7.77. The van der Waals surface area contributed by atoms with E-state index in [2.05, 4.69) is 20.8 Å². The minimum atomic E-state index is -4.49. The number of nitrogens with zero attached hydrogens (tertiary/aromatic N) is 4. The number of anilines is 1. The molecule has 0 aliphatic heterocycles. The van der Waals surface area contributed by atoms with Gasteiger partial charge in [-0.1, -0.05) is 18.2 Å². The maximum absolute atomic E-state index is 13.0. The van der Waals surface area contributed by atoms with Crippen molar-refractivity contribution in [3.8, 4) is 11.4 Å².